The smallest absolute Gasteiger partial charge is 0.285 e. The Kier molecular flexibility index (Phi) is 3.28. The molecule has 0 aliphatic rings. The van der Waals surface area contributed by atoms with Crippen LogP contribution in [0.4, 0.5) is 13.2 Å². The molecule has 0 aliphatic carbocycles. The average Bonchev–Trinajstić information content (AvgIpc) is 2.45. The van der Waals surface area contributed by atoms with Gasteiger partial charge in [0.05, 0.1) is 11.0 Å². The van der Waals surface area contributed by atoms with Crippen molar-refractivity contribution in [2.75, 3.05) is 0 Å². The molecule has 0 saturated heterocycles. The van der Waals surface area contributed by atoms with Crippen molar-refractivity contribution in [3.05, 3.63) is 39.1 Å². The highest BCUT2D eigenvalue weighted by atomic mass is 35.5. The fraction of sp³-hybridized carbons (Fsp3) is 0.231. The van der Waals surface area contributed by atoms with Crippen LogP contribution in [0.5, 0.6) is 0 Å². The molecule has 0 saturated carbocycles. The van der Waals surface area contributed by atoms with Gasteiger partial charge in [-0.2, -0.15) is 18.3 Å². The van der Waals surface area contributed by atoms with Gasteiger partial charge in [-0.15, -0.1) is 0 Å². The molecule has 3 rings (SSSR count). The molecule has 5 nitrogen and oxygen atoms in total. The molecular weight excluding hydrogens is 321 g/mol. The summed E-state index contributed by atoms with van der Waals surface area (Å²) in [5.74, 6) is 0. The van der Waals surface area contributed by atoms with Crippen LogP contribution in [0.3, 0.4) is 0 Å². The monoisotopic (exact) mass is 328 g/mol. The van der Waals surface area contributed by atoms with E-state index in [1.54, 1.807) is 19.1 Å². The molecule has 0 aliphatic heterocycles. The first kappa shape index (κ1) is 14.7. The highest BCUT2D eigenvalue weighted by Gasteiger charge is 2.37. The Morgan fingerprint density at radius 2 is 1.95 bits per heavy atom. The summed E-state index contributed by atoms with van der Waals surface area (Å²) in [5, 5.41) is 3.71. The third-order valence-corrected chi connectivity index (χ3v) is 3.31. The van der Waals surface area contributed by atoms with Crippen molar-refractivity contribution in [3.63, 3.8) is 0 Å². The topological polar surface area (TPSA) is 60.7 Å². The maximum absolute atomic E-state index is 12.9. The lowest BCUT2D eigenvalue weighted by atomic mass is 10.2. The lowest BCUT2D eigenvalue weighted by Crippen LogP contribution is -2.27. The quantitative estimate of drug-likeness (QED) is 0.644. The van der Waals surface area contributed by atoms with Gasteiger partial charge in [0, 0.05) is 11.6 Å². The molecule has 0 spiro atoms. The van der Waals surface area contributed by atoms with Crippen LogP contribution >= 0.6 is 11.6 Å². The summed E-state index contributed by atoms with van der Waals surface area (Å²) in [5.41, 5.74) is -2.49. The zero-order chi connectivity index (χ0) is 16.1. The van der Waals surface area contributed by atoms with E-state index in [0.717, 1.165) is 4.68 Å². The van der Waals surface area contributed by atoms with E-state index in [-0.39, 0.29) is 23.2 Å². The predicted molar refractivity (Wildman–Crippen MR) is 74.8 cm³/mol. The number of benzene rings is 1. The van der Waals surface area contributed by atoms with Gasteiger partial charge < -0.3 is 0 Å². The number of alkyl halides is 3. The van der Waals surface area contributed by atoms with Crippen molar-refractivity contribution in [2.24, 2.45) is 0 Å². The standard InChI is InChI=1S/C13H8ClF3N4O/c1-2-21-12-9(10(22)11(20-21)13(15,16)17)18-8-5-6(14)3-4-7(8)19-12/h3-5H,2H2,1H3. The van der Waals surface area contributed by atoms with Gasteiger partial charge in [-0.25, -0.2) is 14.6 Å². The van der Waals surface area contributed by atoms with E-state index in [0.29, 0.717) is 10.5 Å². The molecule has 2 heterocycles. The first-order valence-corrected chi connectivity index (χ1v) is 6.64. The maximum Gasteiger partial charge on any atom is 0.439 e. The number of aromatic nitrogens is 4. The third-order valence-electron chi connectivity index (χ3n) is 3.07. The van der Waals surface area contributed by atoms with Gasteiger partial charge in [0.2, 0.25) is 11.1 Å². The van der Waals surface area contributed by atoms with Gasteiger partial charge >= 0.3 is 6.18 Å². The summed E-state index contributed by atoms with van der Waals surface area (Å²) >= 11 is 5.83. The van der Waals surface area contributed by atoms with Crippen molar-refractivity contribution >= 4 is 33.8 Å². The molecule has 114 valence electrons. The lowest BCUT2D eigenvalue weighted by molar-refractivity contribution is -0.142. The van der Waals surface area contributed by atoms with Crippen molar-refractivity contribution in [3.8, 4) is 0 Å². The van der Waals surface area contributed by atoms with Crippen molar-refractivity contribution < 1.29 is 13.2 Å². The van der Waals surface area contributed by atoms with Crippen LogP contribution in [-0.4, -0.2) is 19.7 Å². The second-order valence-electron chi connectivity index (χ2n) is 4.52. The van der Waals surface area contributed by atoms with Gasteiger partial charge in [0.25, 0.3) is 0 Å². The number of hydrogen-bond acceptors (Lipinski definition) is 4. The van der Waals surface area contributed by atoms with Gasteiger partial charge in [0.15, 0.2) is 11.2 Å². The average molecular weight is 329 g/mol. The van der Waals surface area contributed by atoms with Gasteiger partial charge in [0.1, 0.15) is 0 Å². The molecule has 0 bridgehead atoms. The lowest BCUT2D eigenvalue weighted by Gasteiger charge is -2.11. The second kappa shape index (κ2) is 4.91. The Balaban J connectivity index is 2.49. The van der Waals surface area contributed by atoms with E-state index in [4.69, 9.17) is 11.6 Å². The number of nitrogens with zero attached hydrogens (tertiary/aromatic N) is 4. The van der Waals surface area contributed by atoms with E-state index in [1.807, 2.05) is 0 Å². The van der Waals surface area contributed by atoms with Crippen LogP contribution in [0.15, 0.2) is 23.0 Å². The SMILES string of the molecule is CCn1nc(C(F)(F)F)c(=O)c2nc3cc(Cl)ccc3nc21. The van der Waals surface area contributed by atoms with Crippen LogP contribution in [0.2, 0.25) is 5.02 Å². The van der Waals surface area contributed by atoms with Gasteiger partial charge in [-0.1, -0.05) is 11.6 Å². The first-order valence-electron chi connectivity index (χ1n) is 6.26. The minimum atomic E-state index is -4.85. The Bertz CT molecular complexity index is 952. The molecule has 0 fully saturated rings. The van der Waals surface area contributed by atoms with E-state index in [9.17, 15) is 18.0 Å². The maximum atomic E-state index is 12.9. The van der Waals surface area contributed by atoms with Crippen LogP contribution in [-0.2, 0) is 12.7 Å². The number of rotatable bonds is 1. The van der Waals surface area contributed by atoms with Gasteiger partial charge in [-0.3, -0.25) is 4.79 Å². The molecule has 0 atom stereocenters. The minimum absolute atomic E-state index is 0.00956. The largest absolute Gasteiger partial charge is 0.439 e. The summed E-state index contributed by atoms with van der Waals surface area (Å²) < 4.78 is 39.8. The fourth-order valence-corrected chi connectivity index (χ4v) is 2.25. The highest BCUT2D eigenvalue weighted by Crippen LogP contribution is 2.26. The Labute approximate surface area is 126 Å². The molecular formula is C13H8ClF3N4O. The van der Waals surface area contributed by atoms with Crippen molar-refractivity contribution in [1.82, 2.24) is 19.7 Å². The van der Waals surface area contributed by atoms with Crippen LogP contribution in [0.1, 0.15) is 12.6 Å². The van der Waals surface area contributed by atoms with Crippen molar-refractivity contribution in [2.45, 2.75) is 19.6 Å². The summed E-state index contributed by atoms with van der Waals surface area (Å²) in [7, 11) is 0. The number of hydrogen-bond donors (Lipinski definition) is 0. The summed E-state index contributed by atoms with van der Waals surface area (Å²) in [6.45, 7) is 1.72. The third kappa shape index (κ3) is 2.29. The summed E-state index contributed by atoms with van der Waals surface area (Å²) in [4.78, 5) is 20.2. The molecule has 0 radical (unpaired) electrons. The van der Waals surface area contributed by atoms with E-state index < -0.39 is 17.3 Å². The number of aryl methyl sites for hydroxylation is 1. The van der Waals surface area contributed by atoms with Crippen molar-refractivity contribution in [1.29, 1.82) is 0 Å². The van der Waals surface area contributed by atoms with Crippen LogP contribution < -0.4 is 5.43 Å². The zero-order valence-electron chi connectivity index (χ0n) is 11.1. The molecule has 3 aromatic rings. The molecule has 0 unspecified atom stereocenters. The Morgan fingerprint density at radius 1 is 1.23 bits per heavy atom. The molecule has 0 amide bonds. The molecule has 0 N–H and O–H groups in total. The van der Waals surface area contributed by atoms with Gasteiger partial charge in [-0.05, 0) is 25.1 Å². The Hall–Kier alpha value is -2.22. The van der Waals surface area contributed by atoms with E-state index >= 15 is 0 Å². The second-order valence-corrected chi connectivity index (χ2v) is 4.96. The number of fused-ring (bicyclic) bond motifs is 2. The highest BCUT2D eigenvalue weighted by molar-refractivity contribution is 6.31. The normalized spacial score (nSPS) is 12.2. The van der Waals surface area contributed by atoms with Crippen LogP contribution in [0, 0.1) is 0 Å². The number of halogens is 4. The zero-order valence-corrected chi connectivity index (χ0v) is 11.9. The molecule has 22 heavy (non-hydrogen) atoms. The predicted octanol–water partition coefficient (Wildman–Crippen LogP) is 3.03. The molecule has 1 aromatic carbocycles. The van der Waals surface area contributed by atoms with Crippen LogP contribution in [0.25, 0.3) is 22.2 Å². The van der Waals surface area contributed by atoms with E-state index in [2.05, 4.69) is 15.1 Å². The Morgan fingerprint density at radius 3 is 2.59 bits per heavy atom. The fourth-order valence-electron chi connectivity index (χ4n) is 2.08. The van der Waals surface area contributed by atoms with E-state index in [1.165, 1.54) is 6.07 Å². The summed E-state index contributed by atoms with van der Waals surface area (Å²) in [6.07, 6.45) is -4.85. The first-order chi connectivity index (χ1) is 10.3. The minimum Gasteiger partial charge on any atom is -0.285 e. The molecule has 2 aromatic heterocycles. The summed E-state index contributed by atoms with van der Waals surface area (Å²) in [6, 6.07) is 4.59. The molecule has 9 heteroatoms.